The summed E-state index contributed by atoms with van der Waals surface area (Å²) in [4.78, 5) is 4.72. The molecule has 0 fully saturated rings. The Balaban J connectivity index is 2.33. The van der Waals surface area contributed by atoms with Gasteiger partial charge in [0.2, 0.25) is 0 Å². The van der Waals surface area contributed by atoms with E-state index in [0.29, 0.717) is 5.56 Å². The van der Waals surface area contributed by atoms with E-state index in [2.05, 4.69) is 11.2 Å². The van der Waals surface area contributed by atoms with E-state index in [-0.39, 0.29) is 0 Å². The molecule has 2 heterocycles. The number of nitrogens with zero attached hydrogens (tertiary/aromatic N) is 4. The number of hydrogen-bond acceptors (Lipinski definition) is 3. The largest absolute Gasteiger partial charge is 0.268 e. The third kappa shape index (κ3) is 1.55. The monoisotopic (exact) mass is 272 g/mol. The van der Waals surface area contributed by atoms with Gasteiger partial charge in [0.15, 0.2) is 0 Å². The molecule has 0 aliphatic carbocycles. The van der Waals surface area contributed by atoms with E-state index in [1.807, 2.05) is 49.0 Å². The van der Waals surface area contributed by atoms with Gasteiger partial charge in [0.1, 0.15) is 6.07 Å². The average molecular weight is 272 g/mol. The lowest BCUT2D eigenvalue weighted by molar-refractivity contribution is 0.797. The molecular weight excluding hydrogens is 260 g/mol. The van der Waals surface area contributed by atoms with E-state index < -0.39 is 0 Å². The number of rotatable bonds is 0. The predicted molar refractivity (Wildman–Crippen MR) is 83.0 cm³/mol. The Bertz CT molecular complexity index is 1070. The molecule has 100 valence electrons. The summed E-state index contributed by atoms with van der Waals surface area (Å²) in [5, 5.41) is 16.7. The molecule has 0 spiro atoms. The highest BCUT2D eigenvalue weighted by Crippen LogP contribution is 2.31. The van der Waals surface area contributed by atoms with Crippen LogP contribution in [0, 0.1) is 18.3 Å². The summed E-state index contributed by atoms with van der Waals surface area (Å²) in [7, 11) is 1.90. The van der Waals surface area contributed by atoms with Gasteiger partial charge < -0.3 is 0 Å². The van der Waals surface area contributed by atoms with Gasteiger partial charge >= 0.3 is 0 Å². The van der Waals surface area contributed by atoms with E-state index >= 15 is 0 Å². The normalized spacial score (nSPS) is 11.3. The van der Waals surface area contributed by atoms with Gasteiger partial charge in [-0.2, -0.15) is 10.4 Å². The number of benzene rings is 2. The molecule has 0 atom stereocenters. The van der Waals surface area contributed by atoms with Crippen molar-refractivity contribution in [3.8, 4) is 6.07 Å². The van der Waals surface area contributed by atoms with Crippen LogP contribution < -0.4 is 0 Å². The first-order valence-electron chi connectivity index (χ1n) is 6.74. The first-order valence-corrected chi connectivity index (χ1v) is 6.74. The van der Waals surface area contributed by atoms with Crippen molar-refractivity contribution in [2.75, 3.05) is 0 Å². The molecule has 0 aliphatic heterocycles. The summed E-state index contributed by atoms with van der Waals surface area (Å²) >= 11 is 0. The second-order valence-corrected chi connectivity index (χ2v) is 5.28. The molecule has 4 nitrogen and oxygen atoms in total. The van der Waals surface area contributed by atoms with Crippen LogP contribution in [0.2, 0.25) is 0 Å². The molecule has 0 radical (unpaired) electrons. The zero-order valence-electron chi connectivity index (χ0n) is 11.8. The Morgan fingerprint density at radius 2 is 1.95 bits per heavy atom. The number of pyridine rings is 1. The molecule has 0 amide bonds. The van der Waals surface area contributed by atoms with Gasteiger partial charge in [-0.15, -0.1) is 0 Å². The Hall–Kier alpha value is -2.93. The van der Waals surface area contributed by atoms with Crippen molar-refractivity contribution in [3.63, 3.8) is 0 Å². The topological polar surface area (TPSA) is 54.5 Å². The minimum absolute atomic E-state index is 0.675. The fraction of sp³-hybridized carbons (Fsp3) is 0.118. The lowest BCUT2D eigenvalue weighted by atomic mass is 10.00. The van der Waals surface area contributed by atoms with Crippen molar-refractivity contribution in [3.05, 3.63) is 47.7 Å². The third-order valence-corrected chi connectivity index (χ3v) is 3.93. The van der Waals surface area contributed by atoms with E-state index in [9.17, 15) is 5.26 Å². The SMILES string of the molecule is Cc1ccc2c(C#N)c3c(ccc4c3cnn4C)nc2c1. The van der Waals surface area contributed by atoms with E-state index in [1.54, 1.807) is 6.20 Å². The summed E-state index contributed by atoms with van der Waals surface area (Å²) in [6, 6.07) is 12.3. The first-order chi connectivity index (χ1) is 10.2. The van der Waals surface area contributed by atoms with Crippen LogP contribution in [-0.2, 0) is 7.05 Å². The number of aromatic nitrogens is 3. The standard InChI is InChI=1S/C17H12N4/c1-10-3-4-11-12(8-18)17-13-9-19-21(2)16(13)6-5-14(17)20-15(11)7-10/h3-7,9H,1-2H3. The second kappa shape index (κ2) is 4.03. The molecule has 2 aromatic carbocycles. The molecule has 0 N–H and O–H groups in total. The predicted octanol–water partition coefficient (Wildman–Crippen LogP) is 3.45. The fourth-order valence-corrected chi connectivity index (χ4v) is 2.90. The fourth-order valence-electron chi connectivity index (χ4n) is 2.90. The molecule has 0 saturated carbocycles. The molecule has 4 heteroatoms. The van der Waals surface area contributed by atoms with Gasteiger partial charge in [-0.25, -0.2) is 4.98 Å². The third-order valence-electron chi connectivity index (χ3n) is 3.93. The van der Waals surface area contributed by atoms with Crippen molar-refractivity contribution in [1.82, 2.24) is 14.8 Å². The van der Waals surface area contributed by atoms with Crippen LogP contribution in [0.3, 0.4) is 0 Å². The van der Waals surface area contributed by atoms with Crippen LogP contribution in [0.15, 0.2) is 36.5 Å². The Labute approximate surface area is 121 Å². The summed E-state index contributed by atoms with van der Waals surface area (Å²) in [5.41, 5.74) is 4.52. The van der Waals surface area contributed by atoms with Crippen LogP contribution in [-0.4, -0.2) is 14.8 Å². The van der Waals surface area contributed by atoms with Gasteiger partial charge in [-0.3, -0.25) is 4.68 Å². The van der Waals surface area contributed by atoms with Crippen LogP contribution in [0.5, 0.6) is 0 Å². The van der Waals surface area contributed by atoms with Gasteiger partial charge in [-0.1, -0.05) is 12.1 Å². The molecule has 0 bridgehead atoms. The highest BCUT2D eigenvalue weighted by molar-refractivity contribution is 6.12. The van der Waals surface area contributed by atoms with Crippen molar-refractivity contribution >= 4 is 32.7 Å². The maximum Gasteiger partial charge on any atom is 0.101 e. The van der Waals surface area contributed by atoms with Crippen LogP contribution >= 0.6 is 0 Å². The molecule has 0 aliphatic rings. The smallest absolute Gasteiger partial charge is 0.101 e. The summed E-state index contributed by atoms with van der Waals surface area (Å²) in [5.74, 6) is 0. The van der Waals surface area contributed by atoms with Gasteiger partial charge in [0, 0.05) is 23.2 Å². The molecular formula is C17H12N4. The van der Waals surface area contributed by atoms with Crippen molar-refractivity contribution in [1.29, 1.82) is 5.26 Å². The summed E-state index contributed by atoms with van der Waals surface area (Å²) in [6.45, 7) is 2.03. The van der Waals surface area contributed by atoms with Crippen molar-refractivity contribution < 1.29 is 0 Å². The molecule has 4 aromatic rings. The lowest BCUT2D eigenvalue weighted by Crippen LogP contribution is -1.92. The highest BCUT2D eigenvalue weighted by atomic mass is 15.2. The molecule has 2 aromatic heterocycles. The Morgan fingerprint density at radius 3 is 2.76 bits per heavy atom. The van der Waals surface area contributed by atoms with E-state index in [0.717, 1.165) is 38.3 Å². The number of hydrogen-bond donors (Lipinski definition) is 0. The second-order valence-electron chi connectivity index (χ2n) is 5.28. The maximum atomic E-state index is 9.66. The minimum Gasteiger partial charge on any atom is -0.268 e. The highest BCUT2D eigenvalue weighted by Gasteiger charge is 2.13. The molecule has 0 unspecified atom stereocenters. The number of aryl methyl sites for hydroxylation is 2. The van der Waals surface area contributed by atoms with Gasteiger partial charge in [-0.05, 0) is 30.7 Å². The van der Waals surface area contributed by atoms with Gasteiger partial charge in [0.25, 0.3) is 0 Å². The van der Waals surface area contributed by atoms with Crippen molar-refractivity contribution in [2.24, 2.45) is 7.05 Å². The quantitative estimate of drug-likeness (QED) is 0.461. The zero-order chi connectivity index (χ0) is 14.6. The minimum atomic E-state index is 0.675. The zero-order valence-corrected chi connectivity index (χ0v) is 11.8. The van der Waals surface area contributed by atoms with E-state index in [1.165, 1.54) is 0 Å². The van der Waals surface area contributed by atoms with E-state index in [4.69, 9.17) is 4.98 Å². The van der Waals surface area contributed by atoms with Crippen LogP contribution in [0.4, 0.5) is 0 Å². The molecule has 21 heavy (non-hydrogen) atoms. The van der Waals surface area contributed by atoms with Crippen LogP contribution in [0.1, 0.15) is 11.1 Å². The summed E-state index contributed by atoms with van der Waals surface area (Å²) in [6.07, 6.45) is 1.81. The van der Waals surface area contributed by atoms with Crippen molar-refractivity contribution in [2.45, 2.75) is 6.92 Å². The maximum absolute atomic E-state index is 9.66. The Kier molecular flexibility index (Phi) is 2.28. The number of fused-ring (bicyclic) bond motifs is 4. The molecule has 0 saturated heterocycles. The Morgan fingerprint density at radius 1 is 1.10 bits per heavy atom. The van der Waals surface area contributed by atoms with Crippen LogP contribution in [0.25, 0.3) is 32.7 Å². The first kappa shape index (κ1) is 11.9. The van der Waals surface area contributed by atoms with Gasteiger partial charge in [0.05, 0.1) is 28.3 Å². The lowest BCUT2D eigenvalue weighted by Gasteiger charge is -2.07. The average Bonchev–Trinajstić information content (AvgIpc) is 2.86. The summed E-state index contributed by atoms with van der Waals surface area (Å²) < 4.78 is 1.81. The molecule has 4 rings (SSSR count). The number of nitriles is 1.